The number of esters is 2. The van der Waals surface area contributed by atoms with Crippen LogP contribution in [0.5, 0.6) is 0 Å². The van der Waals surface area contributed by atoms with Crippen LogP contribution >= 0.6 is 0 Å². The number of rotatable bonds is 7. The molecule has 3 aromatic rings. The summed E-state index contributed by atoms with van der Waals surface area (Å²) in [5.74, 6) is -1.55. The Morgan fingerprint density at radius 3 is 2.38 bits per heavy atom. The Balaban J connectivity index is 1.47. The fourth-order valence-electron chi connectivity index (χ4n) is 5.78. The molecule has 3 heterocycles. The third-order valence-corrected chi connectivity index (χ3v) is 7.68. The summed E-state index contributed by atoms with van der Waals surface area (Å²) in [6.45, 7) is 3.54. The molecule has 2 saturated heterocycles. The first kappa shape index (κ1) is 26.0. The van der Waals surface area contributed by atoms with Crippen LogP contribution in [0.15, 0.2) is 84.9 Å². The summed E-state index contributed by atoms with van der Waals surface area (Å²) in [5, 5.41) is 1.92. The molecule has 3 aliphatic heterocycles. The molecule has 1 amide bonds. The Labute approximate surface area is 231 Å². The second kappa shape index (κ2) is 11.1. The van der Waals surface area contributed by atoms with Crippen molar-refractivity contribution in [3.63, 3.8) is 0 Å². The van der Waals surface area contributed by atoms with Gasteiger partial charge in [0.25, 0.3) is 5.72 Å². The smallest absolute Gasteiger partial charge is 0.416 e. The first-order valence-electron chi connectivity index (χ1n) is 13.5. The molecule has 0 aromatic heterocycles. The number of hydrogen-bond donors (Lipinski definition) is 0. The SMILES string of the molecule is O=C1/C=C/C(=O)OC2(Cc3cccc4ccccc34)C(O1)OC(=O)N2C(CCN1CCOCC1)c1ccccc1. The van der Waals surface area contributed by atoms with Crippen LogP contribution in [0.1, 0.15) is 23.6 Å². The van der Waals surface area contributed by atoms with E-state index in [2.05, 4.69) is 4.90 Å². The van der Waals surface area contributed by atoms with E-state index >= 15 is 0 Å². The van der Waals surface area contributed by atoms with Gasteiger partial charge in [0.15, 0.2) is 0 Å². The van der Waals surface area contributed by atoms with Crippen LogP contribution in [-0.2, 0) is 35.0 Å². The summed E-state index contributed by atoms with van der Waals surface area (Å²) >= 11 is 0. The molecular formula is C31H30N2O7. The monoisotopic (exact) mass is 542 g/mol. The normalized spacial score (nSPS) is 24.9. The minimum Gasteiger partial charge on any atom is -0.427 e. The van der Waals surface area contributed by atoms with Crippen molar-refractivity contribution in [2.45, 2.75) is 30.9 Å². The summed E-state index contributed by atoms with van der Waals surface area (Å²) in [6, 6.07) is 22.7. The van der Waals surface area contributed by atoms with Gasteiger partial charge in [0.1, 0.15) is 0 Å². The summed E-state index contributed by atoms with van der Waals surface area (Å²) in [7, 11) is 0. The van der Waals surface area contributed by atoms with Crippen molar-refractivity contribution in [2.75, 3.05) is 32.8 Å². The quantitative estimate of drug-likeness (QED) is 0.414. The van der Waals surface area contributed by atoms with Crippen LogP contribution in [0.2, 0.25) is 0 Å². The zero-order valence-electron chi connectivity index (χ0n) is 21.9. The molecule has 0 saturated carbocycles. The maximum Gasteiger partial charge on any atom is 0.416 e. The fraction of sp³-hybridized carbons (Fsp3) is 0.323. The molecule has 0 radical (unpaired) electrons. The van der Waals surface area contributed by atoms with E-state index in [0.717, 1.165) is 47.1 Å². The number of carbonyl (C=O) groups is 3. The predicted molar refractivity (Wildman–Crippen MR) is 145 cm³/mol. The standard InChI is InChI=1S/C31H30N2O7/c34-27-13-14-28(35)40-31(21-24-11-6-10-22-7-4-5-12-25(22)24)29(38-27)39-30(36)33(31)26(23-8-2-1-3-9-23)15-16-32-17-19-37-20-18-32/h1-14,26,29H,15-21H2/b14-13+. The first-order valence-corrected chi connectivity index (χ1v) is 13.5. The Bertz CT molecular complexity index is 1430. The highest BCUT2D eigenvalue weighted by atomic mass is 16.8. The number of ether oxygens (including phenoxy) is 4. The van der Waals surface area contributed by atoms with Gasteiger partial charge in [0.05, 0.1) is 19.3 Å². The lowest BCUT2D eigenvalue weighted by atomic mass is 9.92. The second-order valence-electron chi connectivity index (χ2n) is 10.1. The Morgan fingerprint density at radius 2 is 1.55 bits per heavy atom. The molecule has 9 heteroatoms. The average molecular weight is 543 g/mol. The summed E-state index contributed by atoms with van der Waals surface area (Å²) in [5.41, 5.74) is -0.0741. The van der Waals surface area contributed by atoms with Crippen molar-refractivity contribution in [2.24, 2.45) is 0 Å². The van der Waals surface area contributed by atoms with Crippen molar-refractivity contribution in [3.05, 3.63) is 96.1 Å². The highest BCUT2D eigenvalue weighted by Crippen LogP contribution is 2.44. The number of nitrogens with zero attached hydrogens (tertiary/aromatic N) is 2. The van der Waals surface area contributed by atoms with Crippen molar-refractivity contribution in [3.8, 4) is 0 Å². The van der Waals surface area contributed by atoms with Crippen molar-refractivity contribution in [1.29, 1.82) is 0 Å². The molecule has 3 atom stereocenters. The van der Waals surface area contributed by atoms with Gasteiger partial charge in [-0.3, -0.25) is 9.80 Å². The Kier molecular flexibility index (Phi) is 7.23. The van der Waals surface area contributed by atoms with Crippen LogP contribution < -0.4 is 0 Å². The van der Waals surface area contributed by atoms with Crippen LogP contribution in [-0.4, -0.2) is 72.7 Å². The Morgan fingerprint density at radius 1 is 0.825 bits per heavy atom. The van der Waals surface area contributed by atoms with E-state index in [1.165, 1.54) is 4.90 Å². The van der Waals surface area contributed by atoms with Gasteiger partial charge in [0, 0.05) is 38.2 Å². The lowest BCUT2D eigenvalue weighted by molar-refractivity contribution is -0.230. The van der Waals surface area contributed by atoms with Gasteiger partial charge in [-0.15, -0.1) is 0 Å². The maximum absolute atomic E-state index is 13.8. The molecule has 3 aliphatic rings. The highest BCUT2D eigenvalue weighted by Gasteiger charge is 2.63. The third kappa shape index (κ3) is 5.05. The summed E-state index contributed by atoms with van der Waals surface area (Å²) in [4.78, 5) is 43.2. The van der Waals surface area contributed by atoms with Gasteiger partial charge in [-0.05, 0) is 28.3 Å². The topological polar surface area (TPSA) is 94.6 Å². The van der Waals surface area contributed by atoms with Crippen LogP contribution in [0.3, 0.4) is 0 Å². The van der Waals surface area contributed by atoms with Gasteiger partial charge in [-0.2, -0.15) is 0 Å². The molecule has 2 fully saturated rings. The molecule has 0 bridgehead atoms. The Hall–Kier alpha value is -4.21. The van der Waals surface area contributed by atoms with E-state index < -0.39 is 36.1 Å². The van der Waals surface area contributed by atoms with Crippen molar-refractivity contribution < 1.29 is 33.3 Å². The van der Waals surface area contributed by atoms with Gasteiger partial charge in [0.2, 0.25) is 0 Å². The largest absolute Gasteiger partial charge is 0.427 e. The number of amides is 1. The van der Waals surface area contributed by atoms with Crippen LogP contribution in [0, 0.1) is 0 Å². The van der Waals surface area contributed by atoms with E-state index in [1.54, 1.807) is 0 Å². The van der Waals surface area contributed by atoms with Crippen LogP contribution in [0.4, 0.5) is 4.79 Å². The molecule has 0 spiro atoms. The van der Waals surface area contributed by atoms with E-state index in [4.69, 9.17) is 18.9 Å². The van der Waals surface area contributed by atoms with Gasteiger partial charge in [-0.1, -0.05) is 72.8 Å². The lowest BCUT2D eigenvalue weighted by Gasteiger charge is -2.42. The van der Waals surface area contributed by atoms with Crippen molar-refractivity contribution >= 4 is 28.8 Å². The van der Waals surface area contributed by atoms with E-state index in [0.29, 0.717) is 26.2 Å². The van der Waals surface area contributed by atoms with E-state index in [1.807, 2.05) is 72.8 Å². The first-order chi connectivity index (χ1) is 19.5. The third-order valence-electron chi connectivity index (χ3n) is 7.68. The van der Waals surface area contributed by atoms with Crippen LogP contribution in [0.25, 0.3) is 10.8 Å². The van der Waals surface area contributed by atoms with Crippen molar-refractivity contribution in [1.82, 2.24) is 9.80 Å². The summed E-state index contributed by atoms with van der Waals surface area (Å²) in [6.07, 6.45) is 0.408. The number of hydrogen-bond acceptors (Lipinski definition) is 8. The van der Waals surface area contributed by atoms with E-state index in [9.17, 15) is 14.4 Å². The number of benzene rings is 3. The summed E-state index contributed by atoms with van der Waals surface area (Å²) < 4.78 is 23.0. The molecular weight excluding hydrogens is 512 g/mol. The molecule has 3 aromatic carbocycles. The molecule has 206 valence electrons. The minimum absolute atomic E-state index is 0.0541. The van der Waals surface area contributed by atoms with Gasteiger partial charge >= 0.3 is 24.3 Å². The fourth-order valence-corrected chi connectivity index (χ4v) is 5.78. The highest BCUT2D eigenvalue weighted by molar-refractivity contribution is 5.93. The molecule has 0 N–H and O–H groups in total. The van der Waals surface area contributed by atoms with Gasteiger partial charge in [-0.25, -0.2) is 14.4 Å². The average Bonchev–Trinajstić information content (AvgIpc) is 3.22. The molecule has 3 unspecified atom stereocenters. The number of carbonyl (C=O) groups excluding carboxylic acids is 3. The predicted octanol–water partition coefficient (Wildman–Crippen LogP) is 3.98. The molecule has 9 nitrogen and oxygen atoms in total. The van der Waals surface area contributed by atoms with Gasteiger partial charge < -0.3 is 18.9 Å². The van der Waals surface area contributed by atoms with E-state index in [-0.39, 0.29) is 6.42 Å². The maximum atomic E-state index is 13.8. The molecule has 0 aliphatic carbocycles. The number of fused-ring (bicyclic) bond motifs is 2. The zero-order chi connectivity index (χ0) is 27.5. The molecule has 6 rings (SSSR count). The number of morpholine rings is 1. The molecule has 40 heavy (non-hydrogen) atoms. The lowest BCUT2D eigenvalue weighted by Crippen LogP contribution is -2.58. The zero-order valence-corrected chi connectivity index (χ0v) is 21.9. The minimum atomic E-state index is -1.75. The second-order valence-corrected chi connectivity index (χ2v) is 10.1.